The molecule has 0 saturated heterocycles. The molecule has 0 aliphatic rings. The number of pyridine rings is 1. The second-order valence-corrected chi connectivity index (χ2v) is 6.73. The zero-order chi connectivity index (χ0) is 20.9. The number of carbonyl (C=O) groups is 1. The minimum Gasteiger partial charge on any atom is -0.497 e. The summed E-state index contributed by atoms with van der Waals surface area (Å²) in [4.78, 5) is 17.5. The van der Waals surface area contributed by atoms with Crippen LogP contribution in [-0.2, 0) is 6.54 Å². The maximum absolute atomic E-state index is 13.1. The van der Waals surface area contributed by atoms with E-state index in [0.29, 0.717) is 23.4 Å². The van der Waals surface area contributed by atoms with Crippen molar-refractivity contribution >= 4 is 28.3 Å². The number of para-hydroxylation sites is 1. The quantitative estimate of drug-likeness (QED) is 0.474. The van der Waals surface area contributed by atoms with E-state index in [4.69, 9.17) is 4.74 Å². The third kappa shape index (κ3) is 4.38. The van der Waals surface area contributed by atoms with E-state index in [1.807, 2.05) is 48.5 Å². The van der Waals surface area contributed by atoms with Gasteiger partial charge in [-0.05, 0) is 54.1 Å². The molecule has 0 aliphatic heterocycles. The minimum absolute atomic E-state index is 0.226. The zero-order valence-corrected chi connectivity index (χ0v) is 16.4. The number of hydrogen-bond acceptors (Lipinski definition) is 4. The third-order valence-electron chi connectivity index (χ3n) is 4.69. The second kappa shape index (κ2) is 8.61. The van der Waals surface area contributed by atoms with Crippen LogP contribution in [-0.4, -0.2) is 18.0 Å². The molecule has 4 rings (SSSR count). The van der Waals surface area contributed by atoms with Gasteiger partial charge in [0.2, 0.25) is 0 Å². The van der Waals surface area contributed by atoms with E-state index >= 15 is 0 Å². The Balaban J connectivity index is 1.60. The Kier molecular flexibility index (Phi) is 5.57. The van der Waals surface area contributed by atoms with Gasteiger partial charge in [-0.2, -0.15) is 0 Å². The topological polar surface area (TPSA) is 63.2 Å². The molecule has 2 N–H and O–H groups in total. The van der Waals surface area contributed by atoms with Crippen molar-refractivity contribution in [3.05, 3.63) is 95.8 Å². The first kappa shape index (κ1) is 19.4. The van der Waals surface area contributed by atoms with Crippen LogP contribution in [0.15, 0.2) is 78.9 Å². The van der Waals surface area contributed by atoms with E-state index in [1.165, 1.54) is 12.1 Å². The first-order valence-electron chi connectivity index (χ1n) is 9.46. The first-order valence-corrected chi connectivity index (χ1v) is 9.46. The van der Waals surface area contributed by atoms with Crippen LogP contribution in [0.4, 0.5) is 15.9 Å². The van der Waals surface area contributed by atoms with Crippen molar-refractivity contribution in [1.29, 1.82) is 0 Å². The van der Waals surface area contributed by atoms with Crippen molar-refractivity contribution in [2.45, 2.75) is 6.54 Å². The summed E-state index contributed by atoms with van der Waals surface area (Å²) in [5, 5.41) is 6.89. The van der Waals surface area contributed by atoms with Gasteiger partial charge in [-0.3, -0.25) is 4.79 Å². The molecule has 0 unspecified atom stereocenters. The highest BCUT2D eigenvalue weighted by atomic mass is 19.1. The van der Waals surface area contributed by atoms with Gasteiger partial charge in [0.1, 0.15) is 17.4 Å². The van der Waals surface area contributed by atoms with Crippen LogP contribution in [0.2, 0.25) is 0 Å². The molecule has 6 heteroatoms. The van der Waals surface area contributed by atoms with Crippen LogP contribution in [0.1, 0.15) is 15.9 Å². The van der Waals surface area contributed by atoms with Crippen LogP contribution >= 0.6 is 0 Å². The fourth-order valence-corrected chi connectivity index (χ4v) is 3.13. The van der Waals surface area contributed by atoms with Crippen LogP contribution < -0.4 is 15.4 Å². The predicted molar refractivity (Wildman–Crippen MR) is 116 cm³/mol. The van der Waals surface area contributed by atoms with Gasteiger partial charge >= 0.3 is 0 Å². The number of anilines is 2. The molecule has 0 aliphatic carbocycles. The molecule has 1 heterocycles. The number of nitrogens with one attached hydrogen (secondary N) is 2. The molecule has 3 aromatic carbocycles. The Morgan fingerprint density at radius 1 is 1.00 bits per heavy atom. The lowest BCUT2D eigenvalue weighted by Gasteiger charge is -2.12. The monoisotopic (exact) mass is 401 g/mol. The SMILES string of the molecule is COc1ccc(Nc2cc(C(=O)NCc3ccc(F)cc3)c3ccccc3n2)cc1. The van der Waals surface area contributed by atoms with E-state index in [0.717, 1.165) is 22.4 Å². The fraction of sp³-hybridized carbons (Fsp3) is 0.0833. The Labute approximate surface area is 173 Å². The average Bonchev–Trinajstić information content (AvgIpc) is 2.78. The maximum atomic E-state index is 13.1. The number of halogens is 1. The number of nitrogens with zero attached hydrogens (tertiary/aromatic N) is 1. The number of benzene rings is 3. The van der Waals surface area contributed by atoms with Crippen LogP contribution in [0.25, 0.3) is 10.9 Å². The second-order valence-electron chi connectivity index (χ2n) is 6.73. The van der Waals surface area contributed by atoms with Crippen LogP contribution in [0.5, 0.6) is 5.75 Å². The van der Waals surface area contributed by atoms with E-state index in [1.54, 1.807) is 25.3 Å². The molecular weight excluding hydrogens is 381 g/mol. The number of methoxy groups -OCH3 is 1. The van der Waals surface area contributed by atoms with Gasteiger partial charge < -0.3 is 15.4 Å². The largest absolute Gasteiger partial charge is 0.497 e. The summed E-state index contributed by atoms with van der Waals surface area (Å²) >= 11 is 0. The van der Waals surface area contributed by atoms with Gasteiger partial charge in [-0.25, -0.2) is 9.37 Å². The number of hydrogen-bond donors (Lipinski definition) is 2. The number of carbonyl (C=O) groups excluding carboxylic acids is 1. The molecule has 0 saturated carbocycles. The normalized spacial score (nSPS) is 10.6. The molecule has 5 nitrogen and oxygen atoms in total. The Morgan fingerprint density at radius 2 is 1.73 bits per heavy atom. The molecule has 30 heavy (non-hydrogen) atoms. The Hall–Kier alpha value is -3.93. The molecule has 1 amide bonds. The summed E-state index contributed by atoms with van der Waals surface area (Å²) < 4.78 is 18.3. The standard InChI is InChI=1S/C24H20FN3O2/c1-30-19-12-10-18(11-13-19)27-23-14-21(20-4-2-3-5-22(20)28-23)24(29)26-15-16-6-8-17(25)9-7-16/h2-14H,15H2,1H3,(H,26,29)(H,27,28). The molecular formula is C24H20FN3O2. The lowest BCUT2D eigenvalue weighted by atomic mass is 10.1. The predicted octanol–water partition coefficient (Wildman–Crippen LogP) is 5.06. The van der Waals surface area contributed by atoms with Crippen molar-refractivity contribution in [1.82, 2.24) is 10.3 Å². The summed E-state index contributed by atoms with van der Waals surface area (Å²) in [7, 11) is 1.62. The van der Waals surface area contributed by atoms with Crippen molar-refractivity contribution in [2.75, 3.05) is 12.4 Å². The van der Waals surface area contributed by atoms with E-state index in [9.17, 15) is 9.18 Å². The number of rotatable bonds is 6. The van der Waals surface area contributed by atoms with E-state index in [-0.39, 0.29) is 11.7 Å². The summed E-state index contributed by atoms with van der Waals surface area (Å²) in [5.41, 5.74) is 2.87. The van der Waals surface area contributed by atoms with Gasteiger partial charge in [0.05, 0.1) is 18.2 Å². The summed E-state index contributed by atoms with van der Waals surface area (Å²) in [6.45, 7) is 0.303. The molecule has 0 spiro atoms. The lowest BCUT2D eigenvalue weighted by Crippen LogP contribution is -2.23. The Bertz CT molecular complexity index is 1180. The number of aromatic nitrogens is 1. The van der Waals surface area contributed by atoms with Gasteiger partial charge in [-0.1, -0.05) is 30.3 Å². The van der Waals surface area contributed by atoms with Crippen molar-refractivity contribution < 1.29 is 13.9 Å². The van der Waals surface area contributed by atoms with Crippen LogP contribution in [0, 0.1) is 5.82 Å². The smallest absolute Gasteiger partial charge is 0.252 e. The molecule has 0 atom stereocenters. The molecule has 0 fully saturated rings. The molecule has 0 bridgehead atoms. The first-order chi connectivity index (χ1) is 14.6. The number of amides is 1. The molecule has 1 aromatic heterocycles. The van der Waals surface area contributed by atoms with Crippen molar-refractivity contribution in [2.24, 2.45) is 0 Å². The van der Waals surface area contributed by atoms with E-state index in [2.05, 4.69) is 15.6 Å². The number of ether oxygens (including phenoxy) is 1. The van der Waals surface area contributed by atoms with Crippen molar-refractivity contribution in [3.8, 4) is 5.75 Å². The summed E-state index contributed by atoms with van der Waals surface area (Å²) in [6, 6.07) is 22.7. The highest BCUT2D eigenvalue weighted by Gasteiger charge is 2.13. The maximum Gasteiger partial charge on any atom is 0.252 e. The Morgan fingerprint density at radius 3 is 2.47 bits per heavy atom. The lowest BCUT2D eigenvalue weighted by molar-refractivity contribution is 0.0952. The molecule has 150 valence electrons. The number of fused-ring (bicyclic) bond motifs is 1. The average molecular weight is 401 g/mol. The van der Waals surface area contributed by atoms with Gasteiger partial charge in [0, 0.05) is 17.6 Å². The highest BCUT2D eigenvalue weighted by molar-refractivity contribution is 6.07. The highest BCUT2D eigenvalue weighted by Crippen LogP contribution is 2.24. The zero-order valence-electron chi connectivity index (χ0n) is 16.4. The van der Waals surface area contributed by atoms with Crippen LogP contribution in [0.3, 0.4) is 0 Å². The van der Waals surface area contributed by atoms with Gasteiger partial charge in [0.15, 0.2) is 0 Å². The molecule has 4 aromatic rings. The summed E-state index contributed by atoms with van der Waals surface area (Å²) in [6.07, 6.45) is 0. The minimum atomic E-state index is -0.306. The fourth-order valence-electron chi connectivity index (χ4n) is 3.13. The summed E-state index contributed by atoms with van der Waals surface area (Å²) in [5.74, 6) is 0.786. The van der Waals surface area contributed by atoms with Gasteiger partial charge in [0.25, 0.3) is 5.91 Å². The molecule has 0 radical (unpaired) electrons. The van der Waals surface area contributed by atoms with Crippen molar-refractivity contribution in [3.63, 3.8) is 0 Å². The van der Waals surface area contributed by atoms with Gasteiger partial charge in [-0.15, -0.1) is 0 Å². The van der Waals surface area contributed by atoms with E-state index < -0.39 is 0 Å². The third-order valence-corrected chi connectivity index (χ3v) is 4.69.